The second kappa shape index (κ2) is 7.40. The molecule has 162 valence electrons. The summed E-state index contributed by atoms with van der Waals surface area (Å²) >= 11 is 0. The van der Waals surface area contributed by atoms with E-state index in [1.807, 2.05) is 22.9 Å². The number of alkyl halides is 3. The minimum atomic E-state index is -4.13. The minimum absolute atomic E-state index is 0.108. The Bertz CT molecular complexity index is 1220. The van der Waals surface area contributed by atoms with Crippen molar-refractivity contribution >= 4 is 17.2 Å². The molecule has 0 aromatic carbocycles. The van der Waals surface area contributed by atoms with Crippen molar-refractivity contribution in [1.82, 2.24) is 29.0 Å². The number of aromatic nitrogens is 6. The van der Waals surface area contributed by atoms with E-state index in [-0.39, 0.29) is 18.9 Å². The molecule has 0 saturated heterocycles. The maximum atomic E-state index is 12.9. The Morgan fingerprint density at radius 3 is 2.68 bits per heavy atom. The molecule has 4 aromatic rings. The van der Waals surface area contributed by atoms with E-state index < -0.39 is 12.1 Å². The molecule has 4 aromatic heterocycles. The maximum absolute atomic E-state index is 12.9. The zero-order valence-corrected chi connectivity index (χ0v) is 16.7. The van der Waals surface area contributed by atoms with Gasteiger partial charge in [-0.3, -0.25) is 4.40 Å². The number of rotatable bonds is 4. The van der Waals surface area contributed by atoms with Crippen molar-refractivity contribution in [1.29, 1.82) is 0 Å². The van der Waals surface area contributed by atoms with E-state index in [0.29, 0.717) is 36.0 Å². The summed E-state index contributed by atoms with van der Waals surface area (Å²) < 4.78 is 47.7. The third-order valence-electron chi connectivity index (χ3n) is 5.75. The van der Waals surface area contributed by atoms with Gasteiger partial charge in [0.15, 0.2) is 0 Å². The molecule has 1 N–H and O–H groups in total. The molecule has 0 radical (unpaired) electrons. The molecule has 5 rings (SSSR count). The SMILES string of the molecule is COc1nc(NC2CCC(C(F)(F)F)CC2)nn2ccc(-c3cnc4nccn4c3)c12. The lowest BCUT2D eigenvalue weighted by molar-refractivity contribution is -0.182. The molecular formula is C20H20F3N7O. The number of nitrogens with zero attached hydrogens (tertiary/aromatic N) is 6. The van der Waals surface area contributed by atoms with Crippen LogP contribution in [0.25, 0.3) is 22.4 Å². The Hall–Kier alpha value is -3.37. The molecule has 1 aliphatic rings. The molecule has 0 atom stereocenters. The van der Waals surface area contributed by atoms with Gasteiger partial charge in [-0.25, -0.2) is 14.5 Å². The highest BCUT2D eigenvalue weighted by Gasteiger charge is 2.41. The summed E-state index contributed by atoms with van der Waals surface area (Å²) in [6.45, 7) is 0. The molecule has 1 aliphatic carbocycles. The summed E-state index contributed by atoms with van der Waals surface area (Å²) in [5, 5.41) is 7.67. The molecule has 11 heteroatoms. The summed E-state index contributed by atoms with van der Waals surface area (Å²) in [7, 11) is 1.52. The van der Waals surface area contributed by atoms with Gasteiger partial charge in [0, 0.05) is 48.2 Å². The molecule has 0 unspecified atom stereocenters. The van der Waals surface area contributed by atoms with Crippen molar-refractivity contribution in [2.45, 2.75) is 37.9 Å². The van der Waals surface area contributed by atoms with Crippen LogP contribution in [0.2, 0.25) is 0 Å². The molecule has 0 aliphatic heterocycles. The van der Waals surface area contributed by atoms with E-state index in [2.05, 4.69) is 25.4 Å². The van der Waals surface area contributed by atoms with E-state index >= 15 is 0 Å². The number of ether oxygens (including phenoxy) is 1. The van der Waals surface area contributed by atoms with E-state index in [9.17, 15) is 13.2 Å². The number of methoxy groups -OCH3 is 1. The van der Waals surface area contributed by atoms with Crippen LogP contribution in [-0.4, -0.2) is 48.3 Å². The summed E-state index contributed by atoms with van der Waals surface area (Å²) in [4.78, 5) is 13.0. The second-order valence-corrected chi connectivity index (χ2v) is 7.68. The van der Waals surface area contributed by atoms with E-state index in [1.165, 1.54) is 7.11 Å². The van der Waals surface area contributed by atoms with Crippen LogP contribution in [0.4, 0.5) is 19.1 Å². The monoisotopic (exact) mass is 431 g/mol. The lowest BCUT2D eigenvalue weighted by Crippen LogP contribution is -2.33. The quantitative estimate of drug-likeness (QED) is 0.526. The molecule has 0 bridgehead atoms. The fourth-order valence-corrected chi connectivity index (χ4v) is 4.13. The fourth-order valence-electron chi connectivity index (χ4n) is 4.13. The van der Waals surface area contributed by atoms with Gasteiger partial charge in [0.05, 0.1) is 13.0 Å². The highest BCUT2D eigenvalue weighted by Crippen LogP contribution is 2.38. The lowest BCUT2D eigenvalue weighted by Gasteiger charge is -2.30. The molecule has 1 fully saturated rings. The van der Waals surface area contributed by atoms with Crippen molar-refractivity contribution in [2.24, 2.45) is 5.92 Å². The van der Waals surface area contributed by atoms with Crippen LogP contribution in [0.15, 0.2) is 37.1 Å². The first-order chi connectivity index (χ1) is 14.9. The summed E-state index contributed by atoms with van der Waals surface area (Å²) in [6.07, 6.45) is 5.84. The number of hydrogen-bond acceptors (Lipinski definition) is 6. The third kappa shape index (κ3) is 3.64. The number of hydrogen-bond donors (Lipinski definition) is 1. The van der Waals surface area contributed by atoms with Crippen molar-refractivity contribution in [2.75, 3.05) is 12.4 Å². The van der Waals surface area contributed by atoms with Gasteiger partial charge in [-0.05, 0) is 31.7 Å². The molecule has 0 amide bonds. The standard InChI is InChI=1S/C20H20F3N7O/c1-31-17-16-15(12-10-25-19-24-7-9-29(19)11-12)6-8-30(16)28-18(27-17)26-14-4-2-13(3-5-14)20(21,22)23/h6-11,13-14H,2-5H2,1H3,(H,26,28). The normalized spacial score (nSPS) is 19.7. The van der Waals surface area contributed by atoms with Crippen molar-refractivity contribution in [3.8, 4) is 17.0 Å². The fraction of sp³-hybridized carbons (Fsp3) is 0.400. The van der Waals surface area contributed by atoms with Gasteiger partial charge in [-0.1, -0.05) is 0 Å². The van der Waals surface area contributed by atoms with Crippen LogP contribution >= 0.6 is 0 Å². The average Bonchev–Trinajstić information content (AvgIpc) is 3.39. The van der Waals surface area contributed by atoms with Crippen LogP contribution < -0.4 is 10.1 Å². The largest absolute Gasteiger partial charge is 0.479 e. The highest BCUT2D eigenvalue weighted by molar-refractivity contribution is 5.84. The van der Waals surface area contributed by atoms with Gasteiger partial charge in [-0.15, -0.1) is 5.10 Å². The van der Waals surface area contributed by atoms with Gasteiger partial charge in [-0.2, -0.15) is 18.2 Å². The Kier molecular flexibility index (Phi) is 4.67. The van der Waals surface area contributed by atoms with Crippen molar-refractivity contribution in [3.63, 3.8) is 0 Å². The number of fused-ring (bicyclic) bond motifs is 2. The zero-order valence-electron chi connectivity index (χ0n) is 16.7. The first kappa shape index (κ1) is 19.6. The molecule has 8 nitrogen and oxygen atoms in total. The van der Waals surface area contributed by atoms with E-state index in [0.717, 1.165) is 11.1 Å². The van der Waals surface area contributed by atoms with E-state index in [4.69, 9.17) is 4.74 Å². The summed E-state index contributed by atoms with van der Waals surface area (Å²) in [5.74, 6) is 0.0662. The lowest BCUT2D eigenvalue weighted by atomic mass is 9.86. The first-order valence-corrected chi connectivity index (χ1v) is 9.98. The smallest absolute Gasteiger partial charge is 0.391 e. The Balaban J connectivity index is 1.42. The topological polar surface area (TPSA) is 81.6 Å². The number of imidazole rings is 1. The van der Waals surface area contributed by atoms with Crippen molar-refractivity contribution < 1.29 is 17.9 Å². The van der Waals surface area contributed by atoms with E-state index in [1.54, 1.807) is 23.1 Å². The number of halogens is 3. The van der Waals surface area contributed by atoms with Crippen molar-refractivity contribution in [3.05, 3.63) is 37.1 Å². The molecular weight excluding hydrogens is 411 g/mol. The molecule has 31 heavy (non-hydrogen) atoms. The molecule has 4 heterocycles. The number of nitrogens with one attached hydrogen (secondary N) is 1. The van der Waals surface area contributed by atoms with Gasteiger partial charge in [0.1, 0.15) is 5.52 Å². The number of anilines is 1. The molecule has 1 saturated carbocycles. The minimum Gasteiger partial charge on any atom is -0.479 e. The predicted octanol–water partition coefficient (Wildman–Crippen LogP) is 3.98. The first-order valence-electron chi connectivity index (χ1n) is 9.98. The average molecular weight is 431 g/mol. The van der Waals surface area contributed by atoms with Crippen LogP contribution in [0.1, 0.15) is 25.7 Å². The van der Waals surface area contributed by atoms with Gasteiger partial charge >= 0.3 is 6.18 Å². The maximum Gasteiger partial charge on any atom is 0.391 e. The Morgan fingerprint density at radius 2 is 1.94 bits per heavy atom. The van der Waals surface area contributed by atoms with Crippen LogP contribution in [0.3, 0.4) is 0 Å². The highest BCUT2D eigenvalue weighted by atomic mass is 19.4. The van der Waals surface area contributed by atoms with Crippen LogP contribution in [-0.2, 0) is 0 Å². The summed E-state index contributed by atoms with van der Waals surface area (Å²) in [5.41, 5.74) is 2.37. The zero-order chi connectivity index (χ0) is 21.6. The van der Waals surface area contributed by atoms with Crippen LogP contribution in [0, 0.1) is 5.92 Å². The van der Waals surface area contributed by atoms with Gasteiger partial charge in [0.25, 0.3) is 0 Å². The van der Waals surface area contributed by atoms with Gasteiger partial charge < -0.3 is 10.1 Å². The Morgan fingerprint density at radius 1 is 1.13 bits per heavy atom. The summed E-state index contributed by atoms with van der Waals surface area (Å²) in [6, 6.07) is 1.79. The third-order valence-corrected chi connectivity index (χ3v) is 5.75. The predicted molar refractivity (Wildman–Crippen MR) is 107 cm³/mol. The van der Waals surface area contributed by atoms with Crippen LogP contribution in [0.5, 0.6) is 5.88 Å². The second-order valence-electron chi connectivity index (χ2n) is 7.68. The van der Waals surface area contributed by atoms with Gasteiger partial charge in [0.2, 0.25) is 17.6 Å². The Labute approximate surface area is 175 Å². The molecule has 0 spiro atoms.